The summed E-state index contributed by atoms with van der Waals surface area (Å²) in [6.07, 6.45) is 9.78. The van der Waals surface area contributed by atoms with Gasteiger partial charge >= 0.3 is 0 Å². The van der Waals surface area contributed by atoms with Gasteiger partial charge in [0.05, 0.1) is 0 Å². The fourth-order valence-electron chi connectivity index (χ4n) is 5.51. The number of nitrogens with one attached hydrogen (secondary N) is 3. The second-order valence-corrected chi connectivity index (χ2v) is 10.2. The number of aromatic nitrogens is 1. The highest BCUT2D eigenvalue weighted by atomic mass is 19.1. The minimum atomic E-state index is -0.421. The molecule has 0 bridgehead atoms. The first-order chi connectivity index (χ1) is 17.5. The van der Waals surface area contributed by atoms with Crippen molar-refractivity contribution < 1.29 is 18.3 Å². The molecule has 2 aliphatic rings. The summed E-state index contributed by atoms with van der Waals surface area (Å²) >= 11 is 0. The number of unbranched alkanes of at least 4 members (excludes halogenated alkanes) is 1. The van der Waals surface area contributed by atoms with Crippen LogP contribution in [0.2, 0.25) is 0 Å². The zero-order valence-electron chi connectivity index (χ0n) is 20.8. The van der Waals surface area contributed by atoms with E-state index in [2.05, 4.69) is 22.5 Å². The van der Waals surface area contributed by atoms with E-state index in [1.807, 2.05) is 6.20 Å². The second kappa shape index (κ2) is 11.0. The fourth-order valence-corrected chi connectivity index (χ4v) is 5.51. The largest absolute Gasteiger partial charge is 0.489 e. The van der Waals surface area contributed by atoms with Crippen molar-refractivity contribution in [2.75, 3.05) is 13.2 Å². The molecule has 1 fully saturated rings. The number of H-pyrrole nitrogens is 1. The van der Waals surface area contributed by atoms with Crippen molar-refractivity contribution in [1.82, 2.24) is 15.6 Å². The number of carbonyl (C=O) groups is 1. The molecular formula is C29H35F2N3O2. The van der Waals surface area contributed by atoms with Crippen LogP contribution in [0.4, 0.5) is 8.78 Å². The molecule has 2 atom stereocenters. The Labute approximate surface area is 211 Å². The molecule has 0 spiro atoms. The molecule has 0 saturated heterocycles. The van der Waals surface area contributed by atoms with Crippen molar-refractivity contribution in [3.05, 3.63) is 64.9 Å². The summed E-state index contributed by atoms with van der Waals surface area (Å²) in [6, 6.07) is 8.02. The van der Waals surface area contributed by atoms with Crippen LogP contribution in [-0.2, 0) is 12.8 Å². The number of aryl methyl sites for hydroxylation is 1. The van der Waals surface area contributed by atoms with Gasteiger partial charge in [-0.15, -0.1) is 0 Å². The molecular weight excluding hydrogens is 460 g/mol. The first kappa shape index (κ1) is 24.8. The fraction of sp³-hybridized carbons (Fsp3) is 0.483. The van der Waals surface area contributed by atoms with Crippen LogP contribution in [-0.4, -0.2) is 36.1 Å². The molecule has 0 radical (unpaired) electrons. The van der Waals surface area contributed by atoms with Gasteiger partial charge in [0.2, 0.25) is 0 Å². The van der Waals surface area contributed by atoms with E-state index in [4.69, 9.17) is 4.74 Å². The molecule has 3 aromatic rings. The van der Waals surface area contributed by atoms with Crippen molar-refractivity contribution in [1.29, 1.82) is 0 Å². The van der Waals surface area contributed by atoms with Crippen LogP contribution in [0.1, 0.15) is 66.9 Å². The number of hydrogen-bond acceptors (Lipinski definition) is 3. The van der Waals surface area contributed by atoms with Gasteiger partial charge < -0.3 is 20.4 Å². The summed E-state index contributed by atoms with van der Waals surface area (Å²) in [7, 11) is 0. The number of carbonyl (C=O) groups excluding carboxylic acids is 1. The zero-order chi connectivity index (χ0) is 25.1. The number of rotatable bonds is 10. The lowest BCUT2D eigenvalue weighted by Gasteiger charge is -2.38. The SMILES string of the molecule is CCCCNC(=O)c1ccc(F)c2c1CC(NC(CCc1c[nH]c3ccc(F)cc13)C1CCC1)CO2. The first-order valence-corrected chi connectivity index (χ1v) is 13.3. The van der Waals surface area contributed by atoms with Gasteiger partial charge in [-0.3, -0.25) is 4.79 Å². The predicted octanol–water partition coefficient (Wildman–Crippen LogP) is 5.67. The third kappa shape index (κ3) is 5.26. The molecule has 5 rings (SSSR count). The molecule has 1 aliphatic heterocycles. The summed E-state index contributed by atoms with van der Waals surface area (Å²) in [5.41, 5.74) is 3.21. The van der Waals surface area contributed by atoms with Crippen molar-refractivity contribution in [2.45, 2.75) is 70.4 Å². The molecule has 7 heteroatoms. The van der Waals surface area contributed by atoms with Gasteiger partial charge in [0.15, 0.2) is 11.6 Å². The lowest BCUT2D eigenvalue weighted by molar-refractivity contribution is 0.0949. The van der Waals surface area contributed by atoms with E-state index in [1.165, 1.54) is 31.4 Å². The minimum absolute atomic E-state index is 0.00694. The molecule has 1 aromatic heterocycles. The summed E-state index contributed by atoms with van der Waals surface area (Å²) in [5, 5.41) is 7.68. The molecule has 1 aliphatic carbocycles. The number of aromatic amines is 1. The minimum Gasteiger partial charge on any atom is -0.489 e. The molecule has 1 amide bonds. The van der Waals surface area contributed by atoms with E-state index < -0.39 is 5.82 Å². The van der Waals surface area contributed by atoms with Gasteiger partial charge in [0.25, 0.3) is 5.91 Å². The molecule has 2 heterocycles. The van der Waals surface area contributed by atoms with Crippen LogP contribution in [0.15, 0.2) is 36.5 Å². The van der Waals surface area contributed by atoms with E-state index in [1.54, 1.807) is 18.2 Å². The Morgan fingerprint density at radius 1 is 1.22 bits per heavy atom. The monoisotopic (exact) mass is 495 g/mol. The van der Waals surface area contributed by atoms with Crippen molar-refractivity contribution in [3.63, 3.8) is 0 Å². The van der Waals surface area contributed by atoms with Crippen molar-refractivity contribution in [3.8, 4) is 5.75 Å². The summed E-state index contributed by atoms with van der Waals surface area (Å²) < 4.78 is 34.2. The summed E-state index contributed by atoms with van der Waals surface area (Å²) in [4.78, 5) is 16.1. The Bertz CT molecular complexity index is 1220. The van der Waals surface area contributed by atoms with Crippen LogP contribution in [0, 0.1) is 17.6 Å². The van der Waals surface area contributed by atoms with E-state index >= 15 is 0 Å². The zero-order valence-corrected chi connectivity index (χ0v) is 20.8. The van der Waals surface area contributed by atoms with E-state index in [0.29, 0.717) is 36.6 Å². The van der Waals surface area contributed by atoms with E-state index in [0.717, 1.165) is 42.1 Å². The number of benzene rings is 2. The second-order valence-electron chi connectivity index (χ2n) is 10.2. The molecule has 2 unspecified atom stereocenters. The quantitative estimate of drug-likeness (QED) is 0.318. The molecule has 36 heavy (non-hydrogen) atoms. The lowest BCUT2D eigenvalue weighted by Crippen LogP contribution is -2.50. The molecule has 2 aromatic carbocycles. The molecule has 3 N–H and O–H groups in total. The van der Waals surface area contributed by atoms with Gasteiger partial charge in [-0.2, -0.15) is 0 Å². The summed E-state index contributed by atoms with van der Waals surface area (Å²) in [6.45, 7) is 3.04. The van der Waals surface area contributed by atoms with Gasteiger partial charge in [0, 0.05) is 46.9 Å². The highest BCUT2D eigenvalue weighted by Crippen LogP contribution is 2.35. The average molecular weight is 496 g/mol. The van der Waals surface area contributed by atoms with Gasteiger partial charge in [0.1, 0.15) is 12.4 Å². The third-order valence-corrected chi connectivity index (χ3v) is 7.78. The lowest BCUT2D eigenvalue weighted by atomic mass is 9.77. The maximum absolute atomic E-state index is 14.5. The normalized spacial score (nSPS) is 18.4. The van der Waals surface area contributed by atoms with E-state index in [-0.39, 0.29) is 29.6 Å². The average Bonchev–Trinajstić information content (AvgIpc) is 3.23. The van der Waals surface area contributed by atoms with Crippen LogP contribution in [0.3, 0.4) is 0 Å². The molecule has 1 saturated carbocycles. The highest BCUT2D eigenvalue weighted by molar-refractivity contribution is 5.96. The maximum Gasteiger partial charge on any atom is 0.251 e. The number of amides is 1. The summed E-state index contributed by atoms with van der Waals surface area (Å²) in [5.74, 6) is -0.0339. The van der Waals surface area contributed by atoms with Crippen LogP contribution < -0.4 is 15.4 Å². The van der Waals surface area contributed by atoms with Gasteiger partial charge in [-0.05, 0) is 80.3 Å². The molecule has 192 valence electrons. The Kier molecular flexibility index (Phi) is 7.56. The smallest absolute Gasteiger partial charge is 0.251 e. The standard InChI is InChI=1S/C29H35F2N3O2/c1-2-3-13-32-29(35)22-9-10-25(31)28-24(22)15-21(17-36-28)34-26(18-5-4-6-18)11-7-19-16-33-27-12-8-20(30)14-23(19)27/h8-10,12,14,16,18,21,26,33-34H,2-7,11,13,15,17H2,1H3,(H,32,35). The molecule has 5 nitrogen and oxygen atoms in total. The number of ether oxygens (including phenoxy) is 1. The van der Waals surface area contributed by atoms with Crippen LogP contribution in [0.25, 0.3) is 10.9 Å². The Morgan fingerprint density at radius 3 is 2.86 bits per heavy atom. The van der Waals surface area contributed by atoms with Crippen LogP contribution in [0.5, 0.6) is 5.75 Å². The first-order valence-electron chi connectivity index (χ1n) is 13.3. The van der Waals surface area contributed by atoms with Crippen molar-refractivity contribution >= 4 is 16.8 Å². The van der Waals surface area contributed by atoms with Gasteiger partial charge in [-0.25, -0.2) is 8.78 Å². The topological polar surface area (TPSA) is 66.2 Å². The number of halogens is 2. The van der Waals surface area contributed by atoms with E-state index in [9.17, 15) is 13.6 Å². The van der Waals surface area contributed by atoms with Gasteiger partial charge in [-0.1, -0.05) is 19.8 Å². The van der Waals surface area contributed by atoms with Crippen molar-refractivity contribution in [2.24, 2.45) is 5.92 Å². The third-order valence-electron chi connectivity index (χ3n) is 7.78. The Morgan fingerprint density at radius 2 is 2.08 bits per heavy atom. The Hall–Kier alpha value is -2.93. The maximum atomic E-state index is 14.5. The number of hydrogen-bond donors (Lipinski definition) is 3. The predicted molar refractivity (Wildman–Crippen MR) is 137 cm³/mol. The highest BCUT2D eigenvalue weighted by Gasteiger charge is 2.32. The Balaban J connectivity index is 1.29. The van der Waals surface area contributed by atoms with Crippen LogP contribution >= 0.6 is 0 Å². The number of fused-ring (bicyclic) bond motifs is 2.